The number of carbonyl (C=O) groups excluding carboxylic acids is 2. The summed E-state index contributed by atoms with van der Waals surface area (Å²) in [5.74, 6) is 0.511. The molecule has 3 amide bonds. The molecular weight excluding hydrogens is 350 g/mol. The first-order valence-electron chi connectivity index (χ1n) is 8.03. The molecule has 134 valence electrons. The highest BCUT2D eigenvalue weighted by atomic mass is 32.1. The Morgan fingerprint density at radius 3 is 2.19 bits per heavy atom. The molecule has 0 atom stereocenters. The number of rotatable bonds is 3. The summed E-state index contributed by atoms with van der Waals surface area (Å²) in [6.07, 6.45) is 0. The Hall–Kier alpha value is -3.00. The largest absolute Gasteiger partial charge is 0.341 e. The molecule has 8 heteroatoms. The standard InChI is InChI=1S/C18H19N5O2S/c1-9-14-10(2)20-11(3)21-17(14)26-15(9)16(24)22-12-5-7-13(8-6-12)23-18(25)19-4/h5-8H,1-4H3,(H,22,24)(H2,19,23,25). The Morgan fingerprint density at radius 1 is 0.962 bits per heavy atom. The molecule has 0 saturated carbocycles. The number of hydrogen-bond acceptors (Lipinski definition) is 5. The molecule has 0 unspecified atom stereocenters. The van der Waals surface area contributed by atoms with E-state index in [4.69, 9.17) is 0 Å². The van der Waals surface area contributed by atoms with Crippen LogP contribution in [0.2, 0.25) is 0 Å². The van der Waals surface area contributed by atoms with Crippen molar-refractivity contribution in [2.45, 2.75) is 20.8 Å². The van der Waals surface area contributed by atoms with Gasteiger partial charge in [-0.25, -0.2) is 14.8 Å². The van der Waals surface area contributed by atoms with E-state index in [1.807, 2.05) is 20.8 Å². The van der Waals surface area contributed by atoms with Crippen LogP contribution in [0.25, 0.3) is 10.2 Å². The summed E-state index contributed by atoms with van der Waals surface area (Å²) in [5, 5.41) is 8.97. The molecule has 0 bridgehead atoms. The summed E-state index contributed by atoms with van der Waals surface area (Å²) in [7, 11) is 1.55. The van der Waals surface area contributed by atoms with Crippen molar-refractivity contribution < 1.29 is 9.59 Å². The Morgan fingerprint density at radius 2 is 1.58 bits per heavy atom. The zero-order valence-electron chi connectivity index (χ0n) is 14.9. The van der Waals surface area contributed by atoms with Gasteiger partial charge in [-0.2, -0.15) is 0 Å². The van der Waals surface area contributed by atoms with Gasteiger partial charge >= 0.3 is 6.03 Å². The highest BCUT2D eigenvalue weighted by Gasteiger charge is 2.18. The van der Waals surface area contributed by atoms with E-state index in [0.29, 0.717) is 22.1 Å². The van der Waals surface area contributed by atoms with E-state index in [1.54, 1.807) is 31.3 Å². The summed E-state index contributed by atoms with van der Waals surface area (Å²) in [6, 6.07) is 6.63. The maximum atomic E-state index is 12.7. The highest BCUT2D eigenvalue weighted by molar-refractivity contribution is 7.20. The Balaban J connectivity index is 1.82. The maximum absolute atomic E-state index is 12.7. The number of carbonyl (C=O) groups is 2. The van der Waals surface area contributed by atoms with Crippen LogP contribution >= 0.6 is 11.3 Å². The molecule has 3 aromatic rings. The zero-order valence-corrected chi connectivity index (χ0v) is 15.7. The molecular formula is C18H19N5O2S. The van der Waals surface area contributed by atoms with Gasteiger partial charge in [0.2, 0.25) is 0 Å². The minimum Gasteiger partial charge on any atom is -0.341 e. The fourth-order valence-electron chi connectivity index (χ4n) is 2.71. The van der Waals surface area contributed by atoms with Crippen LogP contribution in [0, 0.1) is 20.8 Å². The summed E-state index contributed by atoms with van der Waals surface area (Å²) in [4.78, 5) is 34.2. The molecule has 2 heterocycles. The zero-order chi connectivity index (χ0) is 18.8. The van der Waals surface area contributed by atoms with Crippen LogP contribution in [-0.2, 0) is 0 Å². The number of benzene rings is 1. The van der Waals surface area contributed by atoms with Gasteiger partial charge in [-0.1, -0.05) is 0 Å². The van der Waals surface area contributed by atoms with E-state index >= 15 is 0 Å². The number of hydrogen-bond donors (Lipinski definition) is 3. The lowest BCUT2D eigenvalue weighted by molar-refractivity contribution is 0.103. The van der Waals surface area contributed by atoms with Crippen molar-refractivity contribution in [2.24, 2.45) is 0 Å². The van der Waals surface area contributed by atoms with Gasteiger partial charge < -0.3 is 16.0 Å². The molecule has 0 spiro atoms. The topological polar surface area (TPSA) is 96.0 Å². The number of urea groups is 1. The maximum Gasteiger partial charge on any atom is 0.318 e. The number of aryl methyl sites for hydroxylation is 3. The summed E-state index contributed by atoms with van der Waals surface area (Å²) in [6.45, 7) is 5.68. The molecule has 2 aromatic heterocycles. The Kier molecular flexibility index (Phi) is 4.85. The van der Waals surface area contributed by atoms with Gasteiger partial charge in [-0.05, 0) is 50.6 Å². The van der Waals surface area contributed by atoms with Crippen molar-refractivity contribution in [2.75, 3.05) is 17.7 Å². The van der Waals surface area contributed by atoms with Crippen molar-refractivity contribution in [3.05, 3.63) is 46.2 Å². The van der Waals surface area contributed by atoms with Crippen molar-refractivity contribution in [3.8, 4) is 0 Å². The fourth-order valence-corrected chi connectivity index (χ4v) is 3.88. The van der Waals surface area contributed by atoms with Crippen LogP contribution in [0.4, 0.5) is 16.2 Å². The van der Waals surface area contributed by atoms with Gasteiger partial charge in [0.15, 0.2) is 0 Å². The summed E-state index contributed by atoms with van der Waals surface area (Å²) in [5.41, 5.74) is 3.05. The lowest BCUT2D eigenvalue weighted by Gasteiger charge is -2.07. The fraction of sp³-hybridized carbons (Fsp3) is 0.222. The second-order valence-corrected chi connectivity index (χ2v) is 6.83. The van der Waals surface area contributed by atoms with E-state index in [2.05, 4.69) is 25.9 Å². The molecule has 3 N–H and O–H groups in total. The van der Waals surface area contributed by atoms with Gasteiger partial charge in [0.25, 0.3) is 5.91 Å². The van der Waals surface area contributed by atoms with E-state index in [9.17, 15) is 9.59 Å². The number of fused-ring (bicyclic) bond motifs is 1. The van der Waals surface area contributed by atoms with Crippen molar-refractivity contribution >= 4 is 44.9 Å². The van der Waals surface area contributed by atoms with Crippen LogP contribution in [0.1, 0.15) is 26.8 Å². The summed E-state index contributed by atoms with van der Waals surface area (Å²) < 4.78 is 0. The van der Waals surface area contributed by atoms with Crippen molar-refractivity contribution in [1.82, 2.24) is 15.3 Å². The first-order chi connectivity index (χ1) is 12.4. The molecule has 3 rings (SSSR count). The molecule has 0 aliphatic carbocycles. The molecule has 1 aromatic carbocycles. The van der Waals surface area contributed by atoms with E-state index in [-0.39, 0.29) is 11.9 Å². The Labute approximate surface area is 154 Å². The second kappa shape index (κ2) is 7.09. The van der Waals surface area contributed by atoms with E-state index < -0.39 is 0 Å². The predicted molar refractivity (Wildman–Crippen MR) is 104 cm³/mol. The first kappa shape index (κ1) is 17.8. The van der Waals surface area contributed by atoms with E-state index in [1.165, 1.54) is 11.3 Å². The molecule has 0 saturated heterocycles. The average molecular weight is 369 g/mol. The lowest BCUT2D eigenvalue weighted by Crippen LogP contribution is -2.24. The van der Waals surface area contributed by atoms with Crippen LogP contribution in [0.3, 0.4) is 0 Å². The molecule has 26 heavy (non-hydrogen) atoms. The number of nitrogens with zero attached hydrogens (tertiary/aromatic N) is 2. The highest BCUT2D eigenvalue weighted by Crippen LogP contribution is 2.31. The molecule has 0 aliphatic heterocycles. The number of nitrogens with one attached hydrogen (secondary N) is 3. The quantitative estimate of drug-likeness (QED) is 0.657. The third-order valence-electron chi connectivity index (χ3n) is 3.92. The van der Waals surface area contributed by atoms with Crippen LogP contribution in [0.5, 0.6) is 0 Å². The number of amides is 3. The predicted octanol–water partition coefficient (Wildman–Crippen LogP) is 3.62. The minimum atomic E-state index is -0.297. The Bertz CT molecular complexity index is 995. The van der Waals surface area contributed by atoms with Gasteiger partial charge in [0, 0.05) is 29.5 Å². The lowest BCUT2D eigenvalue weighted by atomic mass is 10.1. The minimum absolute atomic E-state index is 0.186. The van der Waals surface area contributed by atoms with Gasteiger partial charge in [0.1, 0.15) is 10.7 Å². The van der Waals surface area contributed by atoms with Gasteiger partial charge in [-0.15, -0.1) is 11.3 Å². The number of anilines is 2. The summed E-state index contributed by atoms with van der Waals surface area (Å²) >= 11 is 1.37. The van der Waals surface area contributed by atoms with Crippen LogP contribution < -0.4 is 16.0 Å². The van der Waals surface area contributed by atoms with Crippen molar-refractivity contribution in [3.63, 3.8) is 0 Å². The molecule has 0 radical (unpaired) electrons. The average Bonchev–Trinajstić information content (AvgIpc) is 2.93. The smallest absolute Gasteiger partial charge is 0.318 e. The molecule has 7 nitrogen and oxygen atoms in total. The van der Waals surface area contributed by atoms with Crippen LogP contribution in [0.15, 0.2) is 24.3 Å². The first-order valence-corrected chi connectivity index (χ1v) is 8.85. The molecule has 0 aliphatic rings. The molecule has 0 fully saturated rings. The van der Waals surface area contributed by atoms with Crippen LogP contribution in [-0.4, -0.2) is 29.0 Å². The third kappa shape index (κ3) is 3.50. The van der Waals surface area contributed by atoms with Gasteiger partial charge in [0.05, 0.1) is 4.88 Å². The third-order valence-corrected chi connectivity index (χ3v) is 5.10. The SMILES string of the molecule is CNC(=O)Nc1ccc(NC(=O)c2sc3nc(C)nc(C)c3c2C)cc1. The number of thiophene rings is 1. The monoisotopic (exact) mass is 369 g/mol. The van der Waals surface area contributed by atoms with Crippen molar-refractivity contribution in [1.29, 1.82) is 0 Å². The normalized spacial score (nSPS) is 10.6. The number of aromatic nitrogens is 2. The van der Waals surface area contributed by atoms with Gasteiger partial charge in [-0.3, -0.25) is 4.79 Å². The second-order valence-electron chi connectivity index (χ2n) is 5.83. The van der Waals surface area contributed by atoms with E-state index in [0.717, 1.165) is 21.5 Å².